The van der Waals surface area contributed by atoms with Gasteiger partial charge in [0.2, 0.25) is 0 Å². The van der Waals surface area contributed by atoms with Crippen LogP contribution in [0.4, 0.5) is 0 Å². The van der Waals surface area contributed by atoms with E-state index in [2.05, 4.69) is 22.3 Å². The van der Waals surface area contributed by atoms with Gasteiger partial charge in [-0.15, -0.1) is 0 Å². The summed E-state index contributed by atoms with van der Waals surface area (Å²) in [4.78, 5) is 16.5. The van der Waals surface area contributed by atoms with Crippen LogP contribution in [-0.2, 0) is 13.6 Å². The number of hydrogen-bond acceptors (Lipinski definition) is 4. The monoisotopic (exact) mass is 263 g/mol. The van der Waals surface area contributed by atoms with Crippen LogP contribution in [0.2, 0.25) is 0 Å². The zero-order valence-corrected chi connectivity index (χ0v) is 11.8. The predicted octanol–water partition coefficient (Wildman–Crippen LogP) is 0.908. The van der Waals surface area contributed by atoms with E-state index in [9.17, 15) is 4.79 Å². The van der Waals surface area contributed by atoms with E-state index in [0.29, 0.717) is 23.6 Å². The molecule has 2 aromatic rings. The Bertz CT molecular complexity index is 597. The van der Waals surface area contributed by atoms with E-state index in [1.54, 1.807) is 28.8 Å². The van der Waals surface area contributed by atoms with Gasteiger partial charge in [0.15, 0.2) is 5.65 Å². The highest BCUT2D eigenvalue weighted by molar-refractivity contribution is 5.72. The molecule has 0 amide bonds. The van der Waals surface area contributed by atoms with Crippen molar-refractivity contribution in [3.8, 4) is 0 Å². The predicted molar refractivity (Wildman–Crippen MR) is 75.1 cm³/mol. The fourth-order valence-electron chi connectivity index (χ4n) is 2.29. The Morgan fingerprint density at radius 1 is 1.47 bits per heavy atom. The first kappa shape index (κ1) is 13.7. The molecule has 104 valence electrons. The van der Waals surface area contributed by atoms with Gasteiger partial charge in [0, 0.05) is 19.6 Å². The second kappa shape index (κ2) is 5.97. The summed E-state index contributed by atoms with van der Waals surface area (Å²) in [5.74, 6) is 0. The Morgan fingerprint density at radius 3 is 2.95 bits per heavy atom. The number of rotatable bonds is 6. The molecule has 0 aliphatic heterocycles. The van der Waals surface area contributed by atoms with Gasteiger partial charge in [-0.25, -0.2) is 4.98 Å². The van der Waals surface area contributed by atoms with Gasteiger partial charge in [0.25, 0.3) is 5.56 Å². The van der Waals surface area contributed by atoms with Gasteiger partial charge in [-0.2, -0.15) is 5.10 Å². The zero-order chi connectivity index (χ0) is 13.8. The van der Waals surface area contributed by atoms with Gasteiger partial charge in [-0.1, -0.05) is 6.92 Å². The number of nitrogens with zero attached hydrogens (tertiary/aromatic N) is 4. The minimum absolute atomic E-state index is 0.00407. The lowest BCUT2D eigenvalue weighted by Crippen LogP contribution is -2.26. The highest BCUT2D eigenvalue weighted by atomic mass is 16.1. The van der Waals surface area contributed by atoms with Gasteiger partial charge in [0.1, 0.15) is 5.39 Å². The molecule has 2 aromatic heterocycles. The van der Waals surface area contributed by atoms with Crippen molar-refractivity contribution >= 4 is 11.0 Å². The number of aromatic nitrogens is 4. The number of fused-ring (bicyclic) bond motifs is 1. The van der Waals surface area contributed by atoms with Crippen LogP contribution in [0.5, 0.6) is 0 Å². The van der Waals surface area contributed by atoms with E-state index in [4.69, 9.17) is 0 Å². The van der Waals surface area contributed by atoms with Crippen molar-refractivity contribution < 1.29 is 0 Å². The molecule has 0 aliphatic rings. The van der Waals surface area contributed by atoms with Crippen molar-refractivity contribution in [1.82, 2.24) is 24.6 Å². The summed E-state index contributed by atoms with van der Waals surface area (Å²) < 4.78 is 3.29. The summed E-state index contributed by atoms with van der Waals surface area (Å²) >= 11 is 0. The summed E-state index contributed by atoms with van der Waals surface area (Å²) in [6.07, 6.45) is 6.33. The minimum atomic E-state index is -0.00407. The van der Waals surface area contributed by atoms with Crippen LogP contribution in [0.25, 0.3) is 11.0 Å². The van der Waals surface area contributed by atoms with E-state index in [1.807, 2.05) is 7.05 Å². The Kier molecular flexibility index (Phi) is 4.31. The molecule has 0 radical (unpaired) electrons. The molecule has 2 rings (SSSR count). The van der Waals surface area contributed by atoms with E-state index in [0.717, 1.165) is 19.3 Å². The SMILES string of the molecule is CCC(CCCn1cnc2c(cnn2C)c1=O)NC. The fourth-order valence-corrected chi connectivity index (χ4v) is 2.29. The molecule has 0 aliphatic carbocycles. The Labute approximate surface area is 112 Å². The average molecular weight is 263 g/mol. The van der Waals surface area contributed by atoms with Crippen LogP contribution in [0.15, 0.2) is 17.3 Å². The molecule has 19 heavy (non-hydrogen) atoms. The van der Waals surface area contributed by atoms with Gasteiger partial charge in [0.05, 0.1) is 12.5 Å². The maximum atomic E-state index is 12.2. The van der Waals surface area contributed by atoms with Crippen LogP contribution >= 0.6 is 0 Å². The fraction of sp³-hybridized carbons (Fsp3) is 0.615. The second-order valence-corrected chi connectivity index (χ2v) is 4.78. The summed E-state index contributed by atoms with van der Waals surface area (Å²) in [5, 5.41) is 7.92. The normalized spacial score (nSPS) is 13.0. The van der Waals surface area contributed by atoms with Crippen LogP contribution in [0, 0.1) is 0 Å². The largest absolute Gasteiger partial charge is 0.317 e. The summed E-state index contributed by atoms with van der Waals surface area (Å²) in [7, 11) is 3.77. The Hall–Kier alpha value is -1.69. The first-order chi connectivity index (χ1) is 9.17. The number of hydrogen-bond donors (Lipinski definition) is 1. The lowest BCUT2D eigenvalue weighted by Gasteiger charge is -2.13. The molecule has 0 saturated heterocycles. The minimum Gasteiger partial charge on any atom is -0.317 e. The second-order valence-electron chi connectivity index (χ2n) is 4.78. The molecular formula is C13H21N5O. The highest BCUT2D eigenvalue weighted by Crippen LogP contribution is 2.05. The van der Waals surface area contributed by atoms with E-state index < -0.39 is 0 Å². The van der Waals surface area contributed by atoms with Crippen LogP contribution in [-0.4, -0.2) is 32.4 Å². The van der Waals surface area contributed by atoms with Crippen molar-refractivity contribution in [3.05, 3.63) is 22.9 Å². The molecular weight excluding hydrogens is 242 g/mol. The van der Waals surface area contributed by atoms with Gasteiger partial charge < -0.3 is 5.32 Å². The third-order valence-electron chi connectivity index (χ3n) is 3.57. The first-order valence-corrected chi connectivity index (χ1v) is 6.71. The van der Waals surface area contributed by atoms with Crippen molar-refractivity contribution in [2.45, 2.75) is 38.8 Å². The molecule has 0 fully saturated rings. The molecule has 1 atom stereocenters. The summed E-state index contributed by atoms with van der Waals surface area (Å²) in [5.41, 5.74) is 0.638. The van der Waals surface area contributed by atoms with Crippen LogP contribution in [0.1, 0.15) is 26.2 Å². The third-order valence-corrected chi connectivity index (χ3v) is 3.57. The molecule has 1 N–H and O–H groups in total. The first-order valence-electron chi connectivity index (χ1n) is 6.71. The molecule has 0 bridgehead atoms. The molecule has 0 saturated carbocycles. The van der Waals surface area contributed by atoms with E-state index in [-0.39, 0.29) is 5.56 Å². The van der Waals surface area contributed by atoms with Crippen LogP contribution < -0.4 is 10.9 Å². The molecule has 6 nitrogen and oxygen atoms in total. The lowest BCUT2D eigenvalue weighted by molar-refractivity contribution is 0.464. The molecule has 6 heteroatoms. The zero-order valence-electron chi connectivity index (χ0n) is 11.8. The highest BCUT2D eigenvalue weighted by Gasteiger charge is 2.08. The van der Waals surface area contributed by atoms with Crippen molar-refractivity contribution in [1.29, 1.82) is 0 Å². The maximum Gasteiger partial charge on any atom is 0.264 e. The van der Waals surface area contributed by atoms with Crippen LogP contribution in [0.3, 0.4) is 0 Å². The summed E-state index contributed by atoms with van der Waals surface area (Å²) in [6.45, 7) is 2.87. The standard InChI is InChI=1S/C13H21N5O/c1-4-10(14-2)6-5-7-18-9-15-12-11(13(18)19)8-16-17(12)3/h8-10,14H,4-7H2,1-3H3. The summed E-state index contributed by atoms with van der Waals surface area (Å²) in [6, 6.07) is 0.519. The average Bonchev–Trinajstić information content (AvgIpc) is 2.80. The number of aryl methyl sites for hydroxylation is 2. The van der Waals surface area contributed by atoms with Crippen molar-refractivity contribution in [2.75, 3.05) is 7.05 Å². The lowest BCUT2D eigenvalue weighted by atomic mass is 10.1. The van der Waals surface area contributed by atoms with Crippen molar-refractivity contribution in [3.63, 3.8) is 0 Å². The quantitative estimate of drug-likeness (QED) is 0.841. The van der Waals surface area contributed by atoms with E-state index >= 15 is 0 Å². The number of nitrogens with one attached hydrogen (secondary N) is 1. The van der Waals surface area contributed by atoms with Gasteiger partial charge >= 0.3 is 0 Å². The third kappa shape index (κ3) is 2.84. The molecule has 2 heterocycles. The Morgan fingerprint density at radius 2 is 2.26 bits per heavy atom. The molecule has 0 spiro atoms. The van der Waals surface area contributed by atoms with Gasteiger partial charge in [-0.3, -0.25) is 14.0 Å². The Balaban J connectivity index is 2.09. The topological polar surface area (TPSA) is 64.7 Å². The van der Waals surface area contributed by atoms with E-state index in [1.165, 1.54) is 0 Å². The molecule has 1 unspecified atom stereocenters. The maximum absolute atomic E-state index is 12.2. The van der Waals surface area contributed by atoms with Crippen molar-refractivity contribution in [2.24, 2.45) is 7.05 Å². The van der Waals surface area contributed by atoms with Gasteiger partial charge in [-0.05, 0) is 26.3 Å². The molecule has 0 aromatic carbocycles. The smallest absolute Gasteiger partial charge is 0.264 e.